The second-order valence-electron chi connectivity index (χ2n) is 3.82. The van der Waals surface area contributed by atoms with Crippen molar-refractivity contribution in [3.05, 3.63) is 0 Å². The van der Waals surface area contributed by atoms with Gasteiger partial charge in [0.05, 0.1) is 0 Å². The highest BCUT2D eigenvalue weighted by molar-refractivity contribution is 4.87. The van der Waals surface area contributed by atoms with Crippen LogP contribution in [0.5, 0.6) is 0 Å². The Morgan fingerprint density at radius 3 is 2.67 bits per heavy atom. The van der Waals surface area contributed by atoms with Crippen molar-refractivity contribution in [2.45, 2.75) is 31.5 Å². The number of halogens is 1. The summed E-state index contributed by atoms with van der Waals surface area (Å²) in [5.74, 6) is 0. The summed E-state index contributed by atoms with van der Waals surface area (Å²) >= 11 is 0. The molecule has 0 bridgehead atoms. The van der Waals surface area contributed by atoms with Gasteiger partial charge < -0.3 is 5.32 Å². The molecular weight excluding hydrogens is 155 g/mol. The largest absolute Gasteiger partial charge is 0.314 e. The maximum atomic E-state index is 13.4. The monoisotopic (exact) mass is 172 g/mol. The Kier molecular flexibility index (Phi) is 2.61. The van der Waals surface area contributed by atoms with Crippen LogP contribution in [0.3, 0.4) is 0 Å². The summed E-state index contributed by atoms with van der Waals surface area (Å²) in [6.45, 7) is 3.78. The van der Waals surface area contributed by atoms with Gasteiger partial charge >= 0.3 is 0 Å². The van der Waals surface area contributed by atoms with Crippen molar-refractivity contribution in [1.82, 2.24) is 10.2 Å². The van der Waals surface area contributed by atoms with E-state index in [1.165, 1.54) is 12.8 Å². The molecule has 0 aromatic carbocycles. The van der Waals surface area contributed by atoms with Crippen LogP contribution >= 0.6 is 0 Å². The first-order chi connectivity index (χ1) is 5.88. The fourth-order valence-corrected chi connectivity index (χ4v) is 2.29. The molecule has 0 amide bonds. The summed E-state index contributed by atoms with van der Waals surface area (Å²) in [7, 11) is 0. The van der Waals surface area contributed by atoms with Gasteiger partial charge in [-0.2, -0.15) is 0 Å². The smallest absolute Gasteiger partial charge is 0.128 e. The second-order valence-corrected chi connectivity index (χ2v) is 3.82. The first-order valence-corrected chi connectivity index (χ1v) is 4.97. The van der Waals surface area contributed by atoms with E-state index in [1.54, 1.807) is 0 Å². The molecule has 0 unspecified atom stereocenters. The van der Waals surface area contributed by atoms with Crippen LogP contribution in [0.1, 0.15) is 19.3 Å². The predicted octanol–water partition coefficient (Wildman–Crippen LogP) is 0.782. The molecule has 2 rings (SSSR count). The molecule has 2 saturated heterocycles. The third-order valence-electron chi connectivity index (χ3n) is 2.98. The maximum Gasteiger partial charge on any atom is 0.128 e. The lowest BCUT2D eigenvalue weighted by molar-refractivity contribution is 0.104. The van der Waals surface area contributed by atoms with Gasteiger partial charge in [0.15, 0.2) is 0 Å². The summed E-state index contributed by atoms with van der Waals surface area (Å²) in [4.78, 5) is 2.32. The van der Waals surface area contributed by atoms with Gasteiger partial charge in [-0.15, -0.1) is 0 Å². The van der Waals surface area contributed by atoms with E-state index in [0.717, 1.165) is 26.1 Å². The first kappa shape index (κ1) is 8.45. The number of nitrogens with one attached hydrogen (secondary N) is 1. The fraction of sp³-hybridized carbons (Fsp3) is 1.00. The summed E-state index contributed by atoms with van der Waals surface area (Å²) < 4.78 is 13.4. The number of hydrogen-bond acceptors (Lipinski definition) is 2. The van der Waals surface area contributed by atoms with Crippen LogP contribution in [0.2, 0.25) is 0 Å². The lowest BCUT2D eigenvalue weighted by atomic mass is 10.0. The number of rotatable bonds is 1. The Balaban J connectivity index is 1.91. The lowest BCUT2D eigenvalue weighted by Crippen LogP contribution is -2.50. The van der Waals surface area contributed by atoms with E-state index in [0.29, 0.717) is 6.54 Å². The minimum absolute atomic E-state index is 0.216. The van der Waals surface area contributed by atoms with E-state index in [9.17, 15) is 4.39 Å². The molecule has 2 heterocycles. The molecule has 0 aromatic heterocycles. The normalized spacial score (nSPS) is 38.8. The number of hydrogen-bond donors (Lipinski definition) is 1. The van der Waals surface area contributed by atoms with Gasteiger partial charge in [-0.1, -0.05) is 0 Å². The van der Waals surface area contributed by atoms with Gasteiger partial charge in [0, 0.05) is 12.6 Å². The summed E-state index contributed by atoms with van der Waals surface area (Å²) in [5, 5.41) is 3.09. The summed E-state index contributed by atoms with van der Waals surface area (Å²) in [5.41, 5.74) is 0. The molecule has 0 radical (unpaired) electrons. The molecule has 12 heavy (non-hydrogen) atoms. The summed E-state index contributed by atoms with van der Waals surface area (Å²) in [6, 6.07) is 0.216. The third kappa shape index (κ3) is 1.62. The average Bonchev–Trinajstić information content (AvgIpc) is 2.57. The SMILES string of the molecule is F[C@@H]1CNCC[C@H]1N1CCCC1. The van der Waals surface area contributed by atoms with Crippen LogP contribution in [0.15, 0.2) is 0 Å². The first-order valence-electron chi connectivity index (χ1n) is 4.97. The molecule has 2 atom stereocenters. The van der Waals surface area contributed by atoms with Gasteiger partial charge in [0.1, 0.15) is 6.17 Å². The highest BCUT2D eigenvalue weighted by Crippen LogP contribution is 2.20. The van der Waals surface area contributed by atoms with Crippen molar-refractivity contribution in [3.63, 3.8) is 0 Å². The second kappa shape index (κ2) is 3.71. The molecule has 0 aliphatic carbocycles. The van der Waals surface area contributed by atoms with Crippen molar-refractivity contribution in [3.8, 4) is 0 Å². The van der Waals surface area contributed by atoms with Gasteiger partial charge in [0.25, 0.3) is 0 Å². The van der Waals surface area contributed by atoms with Crippen molar-refractivity contribution < 1.29 is 4.39 Å². The number of nitrogens with zero attached hydrogens (tertiary/aromatic N) is 1. The zero-order valence-electron chi connectivity index (χ0n) is 7.43. The highest BCUT2D eigenvalue weighted by Gasteiger charge is 2.31. The van der Waals surface area contributed by atoms with E-state index in [1.807, 2.05) is 0 Å². The van der Waals surface area contributed by atoms with Gasteiger partial charge in [-0.3, -0.25) is 4.90 Å². The predicted molar refractivity (Wildman–Crippen MR) is 47.0 cm³/mol. The standard InChI is InChI=1S/C9H17FN2/c10-8-7-11-4-3-9(8)12-5-1-2-6-12/h8-9,11H,1-7H2/t8-,9-/m1/s1. The average molecular weight is 172 g/mol. The van der Waals surface area contributed by atoms with E-state index in [2.05, 4.69) is 10.2 Å². The van der Waals surface area contributed by atoms with Crippen LogP contribution in [0.4, 0.5) is 4.39 Å². The molecule has 1 N–H and O–H groups in total. The van der Waals surface area contributed by atoms with Crippen molar-refractivity contribution >= 4 is 0 Å². The van der Waals surface area contributed by atoms with E-state index in [-0.39, 0.29) is 6.04 Å². The van der Waals surface area contributed by atoms with E-state index < -0.39 is 6.17 Å². The molecule has 3 heteroatoms. The molecule has 2 nitrogen and oxygen atoms in total. The highest BCUT2D eigenvalue weighted by atomic mass is 19.1. The van der Waals surface area contributed by atoms with E-state index >= 15 is 0 Å². The fourth-order valence-electron chi connectivity index (χ4n) is 2.29. The number of likely N-dealkylation sites (tertiary alicyclic amines) is 1. The Hall–Kier alpha value is -0.150. The molecule has 0 spiro atoms. The lowest BCUT2D eigenvalue weighted by Gasteiger charge is -2.33. The topological polar surface area (TPSA) is 15.3 Å². The molecule has 0 saturated carbocycles. The maximum absolute atomic E-state index is 13.4. The Morgan fingerprint density at radius 2 is 2.00 bits per heavy atom. The molecule has 70 valence electrons. The van der Waals surface area contributed by atoms with Crippen LogP contribution in [-0.4, -0.2) is 43.3 Å². The Morgan fingerprint density at radius 1 is 1.25 bits per heavy atom. The van der Waals surface area contributed by atoms with Crippen LogP contribution in [0.25, 0.3) is 0 Å². The van der Waals surface area contributed by atoms with Gasteiger partial charge in [-0.25, -0.2) is 4.39 Å². The van der Waals surface area contributed by atoms with Crippen LogP contribution in [-0.2, 0) is 0 Å². The zero-order valence-corrected chi connectivity index (χ0v) is 7.43. The molecule has 2 aliphatic rings. The van der Waals surface area contributed by atoms with E-state index in [4.69, 9.17) is 0 Å². The quantitative estimate of drug-likeness (QED) is 0.629. The Bertz CT molecular complexity index is 145. The number of alkyl halides is 1. The van der Waals surface area contributed by atoms with Gasteiger partial charge in [0.2, 0.25) is 0 Å². The molecule has 2 fully saturated rings. The zero-order chi connectivity index (χ0) is 8.39. The number of piperidine rings is 1. The molecule has 0 aromatic rings. The van der Waals surface area contributed by atoms with Crippen LogP contribution < -0.4 is 5.32 Å². The third-order valence-corrected chi connectivity index (χ3v) is 2.98. The summed E-state index contributed by atoms with van der Waals surface area (Å²) in [6.07, 6.45) is 2.87. The van der Waals surface area contributed by atoms with Crippen LogP contribution in [0, 0.1) is 0 Å². The minimum Gasteiger partial charge on any atom is -0.314 e. The minimum atomic E-state index is -0.642. The Labute approximate surface area is 73.1 Å². The van der Waals surface area contributed by atoms with Crippen molar-refractivity contribution in [1.29, 1.82) is 0 Å². The molecule has 2 aliphatic heterocycles. The van der Waals surface area contributed by atoms with Crippen molar-refractivity contribution in [2.75, 3.05) is 26.2 Å². The molecular formula is C9H17FN2. The van der Waals surface area contributed by atoms with Gasteiger partial charge in [-0.05, 0) is 38.9 Å². The van der Waals surface area contributed by atoms with Crippen molar-refractivity contribution in [2.24, 2.45) is 0 Å².